The second-order valence-electron chi connectivity index (χ2n) is 4.35. The van der Waals surface area contributed by atoms with E-state index in [0.29, 0.717) is 5.56 Å². The fourth-order valence-electron chi connectivity index (χ4n) is 1.97. The van der Waals surface area contributed by atoms with Gasteiger partial charge in [-0.25, -0.2) is 0 Å². The van der Waals surface area contributed by atoms with Crippen molar-refractivity contribution in [2.45, 2.75) is 13.3 Å². The fraction of sp³-hybridized carbons (Fsp3) is 0.250. The minimum absolute atomic E-state index is 0.0909. The van der Waals surface area contributed by atoms with Crippen molar-refractivity contribution < 1.29 is 4.92 Å². The zero-order valence-electron chi connectivity index (χ0n) is 10.0. The molecular weight excluding hydrogens is 232 g/mol. The summed E-state index contributed by atoms with van der Waals surface area (Å²) >= 11 is 0. The molecule has 0 amide bonds. The Morgan fingerprint density at radius 3 is 2.94 bits per heavy atom. The van der Waals surface area contributed by atoms with Crippen LogP contribution >= 0.6 is 0 Å². The van der Waals surface area contributed by atoms with Gasteiger partial charge in [-0.05, 0) is 12.5 Å². The molecule has 1 aromatic carbocycles. The van der Waals surface area contributed by atoms with Crippen molar-refractivity contribution in [3.05, 3.63) is 46.2 Å². The molecule has 1 atom stereocenters. The van der Waals surface area contributed by atoms with Gasteiger partial charge in [-0.15, -0.1) is 0 Å². The number of rotatable bonds is 2. The van der Waals surface area contributed by atoms with Gasteiger partial charge in [0.2, 0.25) is 0 Å². The van der Waals surface area contributed by atoms with Crippen LogP contribution in [0, 0.1) is 16.0 Å². The highest BCUT2D eigenvalue weighted by molar-refractivity contribution is 6.03. The first-order valence-corrected chi connectivity index (χ1v) is 5.54. The van der Waals surface area contributed by atoms with Crippen LogP contribution < -0.4 is 11.2 Å². The highest BCUT2D eigenvalue weighted by atomic mass is 16.6. The van der Waals surface area contributed by atoms with E-state index in [-0.39, 0.29) is 17.3 Å². The number of nitrogen functional groups attached to an aromatic ring is 1. The molecule has 0 radical (unpaired) electrons. The molecule has 0 fully saturated rings. The second-order valence-corrected chi connectivity index (χ2v) is 4.35. The molecule has 0 bridgehead atoms. The van der Waals surface area contributed by atoms with Crippen LogP contribution in [-0.2, 0) is 0 Å². The molecule has 1 aliphatic heterocycles. The number of allylic oxidation sites excluding steroid dienone is 1. The number of nitrogens with one attached hydrogen (secondary N) is 1. The first-order valence-electron chi connectivity index (χ1n) is 5.54. The average Bonchev–Trinajstić information content (AvgIpc) is 2.30. The van der Waals surface area contributed by atoms with E-state index in [4.69, 9.17) is 5.73 Å². The van der Waals surface area contributed by atoms with Gasteiger partial charge < -0.3 is 5.73 Å². The Labute approximate surface area is 104 Å². The molecule has 94 valence electrons. The van der Waals surface area contributed by atoms with Crippen molar-refractivity contribution in [1.29, 1.82) is 0 Å². The first kappa shape index (κ1) is 12.1. The average molecular weight is 246 g/mol. The smallest absolute Gasteiger partial charge is 0.292 e. The molecule has 1 heterocycles. The van der Waals surface area contributed by atoms with Gasteiger partial charge in [0.1, 0.15) is 5.69 Å². The van der Waals surface area contributed by atoms with Crippen LogP contribution in [0.4, 0.5) is 11.4 Å². The minimum atomic E-state index is -0.487. The van der Waals surface area contributed by atoms with Gasteiger partial charge in [0.25, 0.3) is 5.69 Å². The minimum Gasteiger partial charge on any atom is -0.393 e. The molecule has 0 unspecified atom stereocenters. The summed E-state index contributed by atoms with van der Waals surface area (Å²) in [4.78, 5) is 10.4. The first-order chi connectivity index (χ1) is 8.49. The van der Waals surface area contributed by atoms with Crippen LogP contribution in [0.15, 0.2) is 35.6 Å². The van der Waals surface area contributed by atoms with E-state index in [1.54, 1.807) is 6.07 Å². The van der Waals surface area contributed by atoms with Crippen molar-refractivity contribution in [2.75, 3.05) is 5.73 Å². The molecule has 1 aromatic rings. The van der Waals surface area contributed by atoms with Crippen molar-refractivity contribution in [3.63, 3.8) is 0 Å². The molecule has 18 heavy (non-hydrogen) atoms. The number of hydrogen-bond donors (Lipinski definition) is 2. The predicted octanol–water partition coefficient (Wildman–Crippen LogP) is 2.02. The van der Waals surface area contributed by atoms with E-state index in [1.165, 1.54) is 12.1 Å². The standard InChI is InChI=1S/C12H14N4O2/c1-7-5-8(2)14-15-12(7)9-3-4-10(13)11(6-9)16(17)18/h3-4,6-7,14H,2,5,13H2,1H3/t7-/m1/s1. The summed E-state index contributed by atoms with van der Waals surface area (Å²) in [7, 11) is 0. The van der Waals surface area contributed by atoms with Gasteiger partial charge in [-0.2, -0.15) is 5.10 Å². The summed E-state index contributed by atoms with van der Waals surface area (Å²) in [6.07, 6.45) is 0.761. The van der Waals surface area contributed by atoms with E-state index in [9.17, 15) is 10.1 Å². The maximum Gasteiger partial charge on any atom is 0.292 e. The van der Waals surface area contributed by atoms with Crippen molar-refractivity contribution >= 4 is 17.1 Å². The second kappa shape index (κ2) is 4.48. The van der Waals surface area contributed by atoms with Gasteiger partial charge in [0.05, 0.1) is 10.6 Å². The van der Waals surface area contributed by atoms with Crippen molar-refractivity contribution in [3.8, 4) is 0 Å². The zero-order chi connectivity index (χ0) is 13.3. The largest absolute Gasteiger partial charge is 0.393 e. The van der Waals surface area contributed by atoms with Gasteiger partial charge in [0.15, 0.2) is 0 Å². The van der Waals surface area contributed by atoms with Crippen LogP contribution in [0.3, 0.4) is 0 Å². The van der Waals surface area contributed by atoms with E-state index >= 15 is 0 Å². The number of anilines is 1. The Balaban J connectivity index is 2.43. The molecular formula is C12H14N4O2. The number of benzene rings is 1. The van der Waals surface area contributed by atoms with Gasteiger partial charge in [-0.1, -0.05) is 19.6 Å². The number of hydrazone groups is 1. The third-order valence-corrected chi connectivity index (χ3v) is 2.88. The third kappa shape index (κ3) is 2.17. The molecule has 2 rings (SSSR count). The van der Waals surface area contributed by atoms with Gasteiger partial charge in [0, 0.05) is 23.2 Å². The van der Waals surface area contributed by atoms with E-state index < -0.39 is 4.92 Å². The van der Waals surface area contributed by atoms with Crippen LogP contribution in [0.25, 0.3) is 0 Å². The number of nitrogens with zero attached hydrogens (tertiary/aromatic N) is 2. The van der Waals surface area contributed by atoms with E-state index in [1.807, 2.05) is 6.92 Å². The number of nitro benzene ring substituents is 1. The predicted molar refractivity (Wildman–Crippen MR) is 70.1 cm³/mol. The van der Waals surface area contributed by atoms with Gasteiger partial charge in [-0.3, -0.25) is 15.5 Å². The molecule has 6 heteroatoms. The monoisotopic (exact) mass is 246 g/mol. The van der Waals surface area contributed by atoms with E-state index in [0.717, 1.165) is 17.8 Å². The highest BCUT2D eigenvalue weighted by Crippen LogP contribution is 2.26. The summed E-state index contributed by atoms with van der Waals surface area (Å²) in [5, 5.41) is 15.0. The third-order valence-electron chi connectivity index (χ3n) is 2.88. The van der Waals surface area contributed by atoms with E-state index in [2.05, 4.69) is 17.1 Å². The van der Waals surface area contributed by atoms with Crippen molar-refractivity contribution in [2.24, 2.45) is 11.0 Å². The molecule has 6 nitrogen and oxygen atoms in total. The molecule has 0 aromatic heterocycles. The lowest BCUT2D eigenvalue weighted by Gasteiger charge is -2.21. The molecule has 0 spiro atoms. The Morgan fingerprint density at radius 2 is 2.33 bits per heavy atom. The normalized spacial score (nSPS) is 19.1. The lowest BCUT2D eigenvalue weighted by atomic mass is 9.93. The van der Waals surface area contributed by atoms with Crippen molar-refractivity contribution in [1.82, 2.24) is 5.43 Å². The quantitative estimate of drug-likeness (QED) is 0.474. The summed E-state index contributed by atoms with van der Waals surface area (Å²) in [6, 6.07) is 4.74. The van der Waals surface area contributed by atoms with Crippen LogP contribution in [0.5, 0.6) is 0 Å². The Hall–Kier alpha value is -2.37. The number of nitro groups is 1. The lowest BCUT2D eigenvalue weighted by molar-refractivity contribution is -0.383. The SMILES string of the molecule is C=C1C[C@@H](C)C(c2ccc(N)c([N+](=O)[O-])c2)=NN1. The zero-order valence-corrected chi connectivity index (χ0v) is 10.0. The molecule has 1 aliphatic rings. The molecule has 3 N–H and O–H groups in total. The Kier molecular flexibility index (Phi) is 3.01. The van der Waals surface area contributed by atoms with Crippen LogP contribution in [0.2, 0.25) is 0 Å². The Bertz CT molecular complexity index is 551. The maximum atomic E-state index is 10.8. The summed E-state index contributed by atoms with van der Waals surface area (Å²) in [6.45, 7) is 5.81. The summed E-state index contributed by atoms with van der Waals surface area (Å²) < 4.78 is 0. The summed E-state index contributed by atoms with van der Waals surface area (Å²) in [5.74, 6) is 0.168. The highest BCUT2D eigenvalue weighted by Gasteiger charge is 2.21. The summed E-state index contributed by atoms with van der Waals surface area (Å²) in [5.41, 5.74) is 10.8. The van der Waals surface area contributed by atoms with Crippen LogP contribution in [-0.4, -0.2) is 10.6 Å². The van der Waals surface area contributed by atoms with Crippen LogP contribution in [0.1, 0.15) is 18.9 Å². The molecule has 0 aliphatic carbocycles. The topological polar surface area (TPSA) is 93.5 Å². The molecule has 0 saturated carbocycles. The number of nitrogens with two attached hydrogens (primary N) is 1. The number of hydrogen-bond acceptors (Lipinski definition) is 5. The molecule has 0 saturated heterocycles. The Morgan fingerprint density at radius 1 is 1.61 bits per heavy atom. The lowest BCUT2D eigenvalue weighted by Crippen LogP contribution is -2.25. The fourth-order valence-corrected chi connectivity index (χ4v) is 1.97. The van der Waals surface area contributed by atoms with Gasteiger partial charge >= 0.3 is 0 Å². The maximum absolute atomic E-state index is 10.8.